The molecule has 4 aromatic rings. The number of aliphatic hydroxyl groups is 1. The molecule has 0 bridgehead atoms. The number of benzene rings is 2. The van der Waals surface area contributed by atoms with Crippen LogP contribution in [0.5, 0.6) is 0 Å². The average molecular weight is 531 g/mol. The minimum Gasteiger partial charge on any atom is -0.393 e. The SMILES string of the molecule is OC1CC(Cn2cc(C3CCCC3)nn2)OC(n2cc(Cc3ccc(C4CC4)cc3)c3c(Cl)cccc32)C1. The van der Waals surface area contributed by atoms with Crippen LogP contribution < -0.4 is 0 Å². The van der Waals surface area contributed by atoms with Gasteiger partial charge < -0.3 is 14.4 Å². The Labute approximate surface area is 228 Å². The largest absolute Gasteiger partial charge is 0.393 e. The van der Waals surface area contributed by atoms with Gasteiger partial charge in [0.25, 0.3) is 0 Å². The predicted octanol–water partition coefficient (Wildman–Crippen LogP) is 6.75. The summed E-state index contributed by atoms with van der Waals surface area (Å²) >= 11 is 6.75. The summed E-state index contributed by atoms with van der Waals surface area (Å²) < 4.78 is 10.7. The Hall–Kier alpha value is -2.67. The van der Waals surface area contributed by atoms with E-state index in [0.717, 1.165) is 34.0 Å². The van der Waals surface area contributed by atoms with Crippen LogP contribution in [0.15, 0.2) is 54.9 Å². The van der Waals surface area contributed by atoms with Crippen molar-refractivity contribution in [3.8, 4) is 0 Å². The number of ether oxygens (including phenoxy) is 1. The first-order chi connectivity index (χ1) is 18.6. The third kappa shape index (κ3) is 4.90. The Balaban J connectivity index is 1.13. The van der Waals surface area contributed by atoms with E-state index in [9.17, 15) is 5.11 Å². The van der Waals surface area contributed by atoms with E-state index >= 15 is 0 Å². The van der Waals surface area contributed by atoms with Crippen LogP contribution in [0.4, 0.5) is 0 Å². The maximum Gasteiger partial charge on any atom is 0.136 e. The molecular weight excluding hydrogens is 496 g/mol. The summed E-state index contributed by atoms with van der Waals surface area (Å²) in [7, 11) is 0. The maximum absolute atomic E-state index is 10.8. The third-order valence-electron chi connectivity index (χ3n) is 8.70. The zero-order valence-corrected chi connectivity index (χ0v) is 22.4. The molecule has 0 amide bonds. The molecule has 6 nitrogen and oxygen atoms in total. The zero-order valence-electron chi connectivity index (χ0n) is 21.7. The van der Waals surface area contributed by atoms with Gasteiger partial charge in [0.2, 0.25) is 0 Å². The maximum atomic E-state index is 10.8. The lowest BCUT2D eigenvalue weighted by Gasteiger charge is -2.34. The molecule has 2 aliphatic carbocycles. The molecule has 2 aromatic heterocycles. The van der Waals surface area contributed by atoms with Gasteiger partial charge in [-0.05, 0) is 66.8 Å². The summed E-state index contributed by atoms with van der Waals surface area (Å²) in [5.74, 6) is 1.30. The van der Waals surface area contributed by atoms with Gasteiger partial charge in [0, 0.05) is 36.5 Å². The number of hydrogen-bond donors (Lipinski definition) is 1. The second-order valence-electron chi connectivity index (χ2n) is 11.6. The van der Waals surface area contributed by atoms with Crippen molar-refractivity contribution in [1.29, 1.82) is 0 Å². The van der Waals surface area contributed by atoms with Crippen LogP contribution in [0.2, 0.25) is 5.02 Å². The zero-order chi connectivity index (χ0) is 25.6. The van der Waals surface area contributed by atoms with Gasteiger partial charge in [-0.3, -0.25) is 0 Å². The molecule has 3 fully saturated rings. The van der Waals surface area contributed by atoms with Crippen molar-refractivity contribution in [3.05, 3.63) is 82.3 Å². The highest BCUT2D eigenvalue weighted by Gasteiger charge is 2.32. The molecule has 3 heterocycles. The molecule has 7 rings (SSSR count). The van der Waals surface area contributed by atoms with E-state index in [1.807, 2.05) is 16.8 Å². The lowest BCUT2D eigenvalue weighted by atomic mass is 10.0. The monoisotopic (exact) mass is 530 g/mol. The van der Waals surface area contributed by atoms with Gasteiger partial charge in [-0.1, -0.05) is 60.0 Å². The smallest absolute Gasteiger partial charge is 0.136 e. The number of aliphatic hydroxyl groups excluding tert-OH is 1. The van der Waals surface area contributed by atoms with E-state index in [2.05, 4.69) is 57.6 Å². The van der Waals surface area contributed by atoms with Crippen LogP contribution in [0, 0.1) is 0 Å². The lowest BCUT2D eigenvalue weighted by molar-refractivity contribution is -0.132. The van der Waals surface area contributed by atoms with Crippen molar-refractivity contribution in [1.82, 2.24) is 19.6 Å². The van der Waals surface area contributed by atoms with Gasteiger partial charge in [0.15, 0.2) is 0 Å². The molecule has 1 N–H and O–H groups in total. The van der Waals surface area contributed by atoms with Crippen LogP contribution in [-0.4, -0.2) is 36.9 Å². The van der Waals surface area contributed by atoms with Gasteiger partial charge in [0.1, 0.15) is 6.23 Å². The number of fused-ring (bicyclic) bond motifs is 1. The summed E-state index contributed by atoms with van der Waals surface area (Å²) in [4.78, 5) is 0. The number of aromatic nitrogens is 4. The normalized spacial score (nSPS) is 24.4. The fourth-order valence-corrected chi connectivity index (χ4v) is 6.84. The summed E-state index contributed by atoms with van der Waals surface area (Å²) in [5, 5.41) is 21.5. The molecule has 0 radical (unpaired) electrons. The molecule has 7 heteroatoms. The summed E-state index contributed by atoms with van der Waals surface area (Å²) in [6, 6.07) is 15.1. The van der Waals surface area contributed by atoms with E-state index in [4.69, 9.17) is 16.3 Å². The third-order valence-corrected chi connectivity index (χ3v) is 9.01. The van der Waals surface area contributed by atoms with Crippen LogP contribution in [-0.2, 0) is 17.7 Å². The van der Waals surface area contributed by atoms with E-state index in [1.165, 1.54) is 55.2 Å². The van der Waals surface area contributed by atoms with Gasteiger partial charge in [0.05, 0.1) is 35.0 Å². The van der Waals surface area contributed by atoms with Crippen LogP contribution in [0.25, 0.3) is 10.9 Å². The van der Waals surface area contributed by atoms with Crippen molar-refractivity contribution >= 4 is 22.5 Å². The molecule has 3 aliphatic rings. The van der Waals surface area contributed by atoms with Crippen molar-refractivity contribution < 1.29 is 9.84 Å². The van der Waals surface area contributed by atoms with Crippen LogP contribution in [0.1, 0.15) is 91.8 Å². The molecule has 2 saturated carbocycles. The Morgan fingerprint density at radius 3 is 2.55 bits per heavy atom. The van der Waals surface area contributed by atoms with Gasteiger partial charge in [-0.25, -0.2) is 4.68 Å². The summed E-state index contributed by atoms with van der Waals surface area (Å²) in [6.07, 6.45) is 12.9. The minimum absolute atomic E-state index is 0.142. The minimum atomic E-state index is -0.438. The Morgan fingerprint density at radius 1 is 0.947 bits per heavy atom. The van der Waals surface area contributed by atoms with E-state index < -0.39 is 6.10 Å². The Morgan fingerprint density at radius 2 is 1.76 bits per heavy atom. The first kappa shape index (κ1) is 24.4. The molecule has 1 aliphatic heterocycles. The Kier molecular flexibility index (Phi) is 6.50. The number of nitrogens with zero attached hydrogens (tertiary/aromatic N) is 4. The highest BCUT2D eigenvalue weighted by molar-refractivity contribution is 6.35. The first-order valence-electron chi connectivity index (χ1n) is 14.2. The topological polar surface area (TPSA) is 65.1 Å². The van der Waals surface area contributed by atoms with Crippen molar-refractivity contribution in [3.63, 3.8) is 0 Å². The Bertz CT molecular complexity index is 1420. The van der Waals surface area contributed by atoms with Gasteiger partial charge in [-0.2, -0.15) is 0 Å². The quantitative estimate of drug-likeness (QED) is 0.287. The molecule has 1 saturated heterocycles. The van der Waals surface area contributed by atoms with Crippen molar-refractivity contribution in [2.24, 2.45) is 0 Å². The average Bonchev–Trinajstić information content (AvgIpc) is 3.26. The van der Waals surface area contributed by atoms with Crippen LogP contribution in [0.3, 0.4) is 0 Å². The van der Waals surface area contributed by atoms with E-state index in [0.29, 0.717) is 25.3 Å². The van der Waals surface area contributed by atoms with E-state index in [-0.39, 0.29) is 12.3 Å². The number of hydrogen-bond acceptors (Lipinski definition) is 4. The summed E-state index contributed by atoms with van der Waals surface area (Å²) in [5.41, 5.74) is 6.05. The fourth-order valence-electron chi connectivity index (χ4n) is 6.55. The number of halogens is 1. The summed E-state index contributed by atoms with van der Waals surface area (Å²) in [6.45, 7) is 0.591. The standard InChI is InChI=1S/C31H35ClN4O2/c32-27-6-3-7-29-31(27)24(14-20-8-10-21(11-9-20)22-12-13-22)17-36(29)30-16-25(37)15-26(38-30)18-35-19-28(33-34-35)23-4-1-2-5-23/h3,6-11,17,19,22-23,25-26,30,37H,1-2,4-5,12-16,18H2. The highest BCUT2D eigenvalue weighted by Crippen LogP contribution is 2.41. The van der Waals surface area contributed by atoms with Crippen LogP contribution >= 0.6 is 11.6 Å². The highest BCUT2D eigenvalue weighted by atomic mass is 35.5. The number of rotatable bonds is 7. The molecule has 0 spiro atoms. The second kappa shape index (κ2) is 10.1. The second-order valence-corrected chi connectivity index (χ2v) is 12.0. The first-order valence-corrected chi connectivity index (χ1v) is 14.6. The molecule has 3 atom stereocenters. The van der Waals surface area contributed by atoms with Gasteiger partial charge in [-0.15, -0.1) is 5.10 Å². The lowest BCUT2D eigenvalue weighted by Crippen LogP contribution is -2.36. The predicted molar refractivity (Wildman–Crippen MR) is 149 cm³/mol. The molecular formula is C31H35ClN4O2. The van der Waals surface area contributed by atoms with Gasteiger partial charge >= 0.3 is 0 Å². The van der Waals surface area contributed by atoms with E-state index in [1.54, 1.807) is 0 Å². The fraction of sp³-hybridized carbons (Fsp3) is 0.484. The molecule has 198 valence electrons. The molecule has 3 unspecified atom stereocenters. The molecule has 38 heavy (non-hydrogen) atoms. The molecule has 2 aromatic carbocycles. The van der Waals surface area contributed by atoms with Crippen molar-refractivity contribution in [2.45, 2.75) is 94.6 Å². The van der Waals surface area contributed by atoms with Crippen molar-refractivity contribution in [2.75, 3.05) is 0 Å².